The van der Waals surface area contributed by atoms with Crippen molar-refractivity contribution >= 4 is 21.9 Å². The lowest BCUT2D eigenvalue weighted by Crippen LogP contribution is -2.59. The number of nitrogens with zero attached hydrogens (tertiary/aromatic N) is 1. The topological polar surface area (TPSA) is 115 Å². The van der Waals surface area contributed by atoms with Crippen LogP contribution in [0.3, 0.4) is 0 Å². The minimum atomic E-state index is -3.87. The summed E-state index contributed by atoms with van der Waals surface area (Å²) >= 11 is 0. The molecule has 21 heavy (non-hydrogen) atoms. The summed E-state index contributed by atoms with van der Waals surface area (Å²) in [5.41, 5.74) is 6.01. The Hall–Kier alpha value is -2.10. The fourth-order valence-corrected chi connectivity index (χ4v) is 2.82. The molecule has 0 aromatic heterocycles. The van der Waals surface area contributed by atoms with E-state index in [1.54, 1.807) is 0 Å². The van der Waals surface area contributed by atoms with Gasteiger partial charge < -0.3 is 15.2 Å². The number of nitrogen functional groups attached to an aromatic ring is 1. The molecule has 8 nitrogen and oxygen atoms in total. The van der Waals surface area contributed by atoms with Crippen LogP contribution in [0.2, 0.25) is 0 Å². The quantitative estimate of drug-likeness (QED) is 0.519. The molecule has 1 aliphatic rings. The van der Waals surface area contributed by atoms with Gasteiger partial charge in [0.05, 0.1) is 12.0 Å². The van der Waals surface area contributed by atoms with Gasteiger partial charge in [-0.1, -0.05) is 0 Å². The van der Waals surface area contributed by atoms with E-state index in [9.17, 15) is 8.42 Å². The van der Waals surface area contributed by atoms with Gasteiger partial charge in [0.25, 0.3) is 0 Å². The van der Waals surface area contributed by atoms with Gasteiger partial charge in [-0.2, -0.15) is 0 Å². The molecule has 0 fully saturated rings. The standard InChI is InChI=1S/C12H16N4O4S/c1-19-11-7-8-14-12(15-11,20-2)16-21(17,18)10-5-3-9(13)4-6-10/h3-8,15-16H,13H2,1-2H3. The van der Waals surface area contributed by atoms with E-state index in [0.29, 0.717) is 11.6 Å². The zero-order chi connectivity index (χ0) is 15.5. The highest BCUT2D eigenvalue weighted by atomic mass is 32.2. The number of methoxy groups -OCH3 is 2. The Bertz CT molecular complexity index is 669. The summed E-state index contributed by atoms with van der Waals surface area (Å²) in [5.74, 6) is -1.35. The largest absolute Gasteiger partial charge is 0.482 e. The number of nitrogens with one attached hydrogen (secondary N) is 2. The highest BCUT2D eigenvalue weighted by Crippen LogP contribution is 2.17. The van der Waals surface area contributed by atoms with Crippen molar-refractivity contribution in [2.24, 2.45) is 4.99 Å². The van der Waals surface area contributed by atoms with E-state index >= 15 is 0 Å². The summed E-state index contributed by atoms with van der Waals surface area (Å²) in [6, 6.07) is 5.76. The molecule has 1 aromatic rings. The van der Waals surface area contributed by atoms with Crippen molar-refractivity contribution in [3.05, 3.63) is 36.2 Å². The summed E-state index contributed by atoms with van der Waals surface area (Å²) in [6.45, 7) is 0. The van der Waals surface area contributed by atoms with Gasteiger partial charge in [0, 0.05) is 25.1 Å². The van der Waals surface area contributed by atoms with Crippen LogP contribution in [0, 0.1) is 0 Å². The number of allylic oxidation sites excluding steroid dienone is 1. The highest BCUT2D eigenvalue weighted by molar-refractivity contribution is 7.89. The van der Waals surface area contributed by atoms with Crippen molar-refractivity contribution in [1.82, 2.24) is 10.0 Å². The molecule has 0 amide bonds. The van der Waals surface area contributed by atoms with E-state index < -0.39 is 16.0 Å². The molecule has 1 unspecified atom stereocenters. The third-order valence-electron chi connectivity index (χ3n) is 2.75. The summed E-state index contributed by atoms with van der Waals surface area (Å²) in [5, 5.41) is 2.71. The second-order valence-electron chi connectivity index (χ2n) is 4.16. The Morgan fingerprint density at radius 2 is 1.95 bits per heavy atom. The average Bonchev–Trinajstić information content (AvgIpc) is 2.47. The van der Waals surface area contributed by atoms with E-state index in [4.69, 9.17) is 15.2 Å². The van der Waals surface area contributed by atoms with Crippen LogP contribution in [-0.4, -0.2) is 34.8 Å². The van der Waals surface area contributed by atoms with Crippen LogP contribution in [0.5, 0.6) is 0 Å². The summed E-state index contributed by atoms with van der Waals surface area (Å²) < 4.78 is 37.2. The Balaban J connectivity index is 2.28. The Morgan fingerprint density at radius 1 is 1.29 bits per heavy atom. The van der Waals surface area contributed by atoms with Gasteiger partial charge in [-0.15, -0.1) is 4.72 Å². The first-order valence-electron chi connectivity index (χ1n) is 5.93. The van der Waals surface area contributed by atoms with Crippen molar-refractivity contribution in [2.45, 2.75) is 10.9 Å². The molecule has 0 radical (unpaired) electrons. The zero-order valence-corrected chi connectivity index (χ0v) is 12.3. The Morgan fingerprint density at radius 3 is 2.52 bits per heavy atom. The number of aliphatic imine (C=N–C) groups is 1. The molecule has 1 heterocycles. The number of sulfonamides is 1. The second kappa shape index (κ2) is 5.72. The smallest absolute Gasteiger partial charge is 0.315 e. The fourth-order valence-electron chi connectivity index (χ4n) is 1.66. The van der Waals surface area contributed by atoms with E-state index in [1.807, 2.05) is 0 Å². The van der Waals surface area contributed by atoms with E-state index in [1.165, 1.54) is 50.8 Å². The van der Waals surface area contributed by atoms with Crippen LogP contribution in [0.1, 0.15) is 0 Å². The van der Waals surface area contributed by atoms with Crippen molar-refractivity contribution in [3.63, 3.8) is 0 Å². The lowest BCUT2D eigenvalue weighted by Gasteiger charge is -2.32. The number of hydrogen-bond acceptors (Lipinski definition) is 7. The predicted molar refractivity (Wildman–Crippen MR) is 77.6 cm³/mol. The SMILES string of the molecule is COC1=CC=NC(NS(=O)(=O)c2ccc(N)cc2)(OC)N1. The molecular formula is C12H16N4O4S. The third-order valence-corrected chi connectivity index (χ3v) is 4.19. The highest BCUT2D eigenvalue weighted by Gasteiger charge is 2.37. The summed E-state index contributed by atoms with van der Waals surface area (Å²) in [6.07, 6.45) is 2.92. The van der Waals surface area contributed by atoms with Gasteiger partial charge in [0.1, 0.15) is 0 Å². The second-order valence-corrected chi connectivity index (χ2v) is 5.84. The maximum atomic E-state index is 12.4. The molecule has 0 aliphatic carbocycles. The lowest BCUT2D eigenvalue weighted by atomic mass is 10.3. The Labute approximate surface area is 122 Å². The number of hydrogen-bond donors (Lipinski definition) is 3. The zero-order valence-electron chi connectivity index (χ0n) is 11.5. The van der Waals surface area contributed by atoms with E-state index in [-0.39, 0.29) is 4.90 Å². The molecule has 1 atom stereocenters. The molecule has 114 valence electrons. The van der Waals surface area contributed by atoms with Crippen molar-refractivity contribution < 1.29 is 17.9 Å². The molecule has 0 spiro atoms. The monoisotopic (exact) mass is 312 g/mol. The lowest BCUT2D eigenvalue weighted by molar-refractivity contribution is -0.0460. The van der Waals surface area contributed by atoms with Gasteiger partial charge >= 0.3 is 5.97 Å². The molecule has 0 saturated heterocycles. The van der Waals surface area contributed by atoms with Crippen LogP contribution in [0.4, 0.5) is 5.69 Å². The Kier molecular flexibility index (Phi) is 4.16. The molecule has 1 aromatic carbocycles. The van der Waals surface area contributed by atoms with Gasteiger partial charge in [-0.3, -0.25) is 5.32 Å². The molecule has 0 saturated carbocycles. The van der Waals surface area contributed by atoms with Crippen LogP contribution in [-0.2, 0) is 19.5 Å². The molecule has 4 N–H and O–H groups in total. The van der Waals surface area contributed by atoms with Crippen molar-refractivity contribution in [3.8, 4) is 0 Å². The van der Waals surface area contributed by atoms with E-state index in [2.05, 4.69) is 15.0 Å². The molecular weight excluding hydrogens is 296 g/mol. The summed E-state index contributed by atoms with van der Waals surface area (Å²) in [7, 11) is -1.12. The summed E-state index contributed by atoms with van der Waals surface area (Å²) in [4.78, 5) is 4.02. The van der Waals surface area contributed by atoms with Gasteiger partial charge in [-0.25, -0.2) is 13.4 Å². The third kappa shape index (κ3) is 3.32. The van der Waals surface area contributed by atoms with Gasteiger partial charge in [-0.05, 0) is 24.3 Å². The number of ether oxygens (including phenoxy) is 2. The van der Waals surface area contributed by atoms with Crippen LogP contribution in [0.15, 0.2) is 46.1 Å². The van der Waals surface area contributed by atoms with Crippen LogP contribution >= 0.6 is 0 Å². The molecule has 9 heteroatoms. The van der Waals surface area contributed by atoms with Crippen LogP contribution in [0.25, 0.3) is 0 Å². The van der Waals surface area contributed by atoms with E-state index in [0.717, 1.165) is 0 Å². The first-order chi connectivity index (χ1) is 9.91. The molecule has 1 aliphatic heterocycles. The molecule has 2 rings (SSSR count). The first-order valence-corrected chi connectivity index (χ1v) is 7.41. The van der Waals surface area contributed by atoms with Gasteiger partial charge in [0.15, 0.2) is 5.88 Å². The van der Waals surface area contributed by atoms with Crippen molar-refractivity contribution in [2.75, 3.05) is 20.0 Å². The molecule has 0 bridgehead atoms. The minimum absolute atomic E-state index is 0.0404. The number of nitrogens with two attached hydrogens (primary N) is 1. The number of rotatable bonds is 5. The van der Waals surface area contributed by atoms with Gasteiger partial charge in [0.2, 0.25) is 10.0 Å². The number of anilines is 1. The number of benzene rings is 1. The van der Waals surface area contributed by atoms with Crippen molar-refractivity contribution in [1.29, 1.82) is 0 Å². The van der Waals surface area contributed by atoms with Crippen LogP contribution < -0.4 is 15.8 Å². The average molecular weight is 312 g/mol. The maximum Gasteiger partial charge on any atom is 0.315 e. The predicted octanol–water partition coefficient (Wildman–Crippen LogP) is -0.0334. The fraction of sp³-hybridized carbons (Fsp3) is 0.250. The first kappa shape index (κ1) is 15.3. The normalized spacial score (nSPS) is 21.5. The maximum absolute atomic E-state index is 12.4. The minimum Gasteiger partial charge on any atom is -0.482 e.